The fraction of sp³-hybridized carbons (Fsp3) is 0.941. The Hall–Kier alpha value is -0.570. The van der Waals surface area contributed by atoms with Crippen molar-refractivity contribution in [3.63, 3.8) is 0 Å². The van der Waals surface area contributed by atoms with Gasteiger partial charge in [0.05, 0.1) is 0 Å². The van der Waals surface area contributed by atoms with Crippen LogP contribution >= 0.6 is 0 Å². The summed E-state index contributed by atoms with van der Waals surface area (Å²) >= 11 is 0. The minimum absolute atomic E-state index is 0.248. The number of hydrogen-bond donors (Lipinski definition) is 0. The highest BCUT2D eigenvalue weighted by Crippen LogP contribution is 2.40. The van der Waals surface area contributed by atoms with Crippen LogP contribution in [0.5, 0.6) is 0 Å². The van der Waals surface area contributed by atoms with Crippen molar-refractivity contribution in [2.45, 2.75) is 66.7 Å². The van der Waals surface area contributed by atoms with Gasteiger partial charge in [-0.15, -0.1) is 0 Å². The molecule has 0 unspecified atom stereocenters. The molecule has 0 saturated carbocycles. The summed E-state index contributed by atoms with van der Waals surface area (Å²) in [7, 11) is 2.21. The molecule has 0 N–H and O–H groups in total. The molecule has 0 atom stereocenters. The van der Waals surface area contributed by atoms with Crippen LogP contribution < -0.4 is 0 Å². The lowest BCUT2D eigenvalue weighted by Crippen LogP contribution is -2.47. The van der Waals surface area contributed by atoms with Gasteiger partial charge in [0.15, 0.2) is 0 Å². The molecule has 2 aliphatic rings. The molecule has 2 saturated heterocycles. The van der Waals surface area contributed by atoms with Crippen LogP contribution in [0.25, 0.3) is 0 Å². The summed E-state index contributed by atoms with van der Waals surface area (Å²) in [5.74, 6) is 0.248. The number of carbonyl (C=O) groups is 1. The van der Waals surface area contributed by atoms with Crippen LogP contribution in [0.2, 0.25) is 0 Å². The van der Waals surface area contributed by atoms with Crippen LogP contribution in [0, 0.1) is 5.41 Å². The third-order valence-corrected chi connectivity index (χ3v) is 4.32. The maximum atomic E-state index is 11.2. The van der Waals surface area contributed by atoms with E-state index in [2.05, 4.69) is 25.8 Å². The predicted molar refractivity (Wildman–Crippen MR) is 88.0 cm³/mol. The number of nitrogens with zero attached hydrogens (tertiary/aromatic N) is 2. The minimum Gasteiger partial charge on any atom is -0.343 e. The molecule has 1 spiro atoms. The van der Waals surface area contributed by atoms with Crippen LogP contribution in [0.4, 0.5) is 0 Å². The second-order valence-corrected chi connectivity index (χ2v) is 6.02. The molecule has 1 amide bonds. The summed E-state index contributed by atoms with van der Waals surface area (Å²) in [5.41, 5.74) is 0.568. The zero-order valence-electron chi connectivity index (χ0n) is 14.7. The van der Waals surface area contributed by atoms with Gasteiger partial charge >= 0.3 is 0 Å². The van der Waals surface area contributed by atoms with E-state index in [1.54, 1.807) is 6.92 Å². The largest absolute Gasteiger partial charge is 0.343 e. The average Bonchev–Trinajstić information content (AvgIpc) is 2.46. The minimum atomic E-state index is 0.248. The van der Waals surface area contributed by atoms with Gasteiger partial charge in [-0.1, -0.05) is 34.1 Å². The van der Waals surface area contributed by atoms with Gasteiger partial charge in [-0.2, -0.15) is 0 Å². The SMILES string of the molecule is CC.CC(=O)N1CCC2(CCN(C)CC2)CC1.CCC. The summed E-state index contributed by atoms with van der Waals surface area (Å²) in [6, 6.07) is 0. The Kier molecular flexibility index (Phi) is 9.91. The van der Waals surface area contributed by atoms with Crippen LogP contribution in [0.3, 0.4) is 0 Å². The van der Waals surface area contributed by atoms with Gasteiger partial charge in [0.25, 0.3) is 0 Å². The maximum absolute atomic E-state index is 11.2. The van der Waals surface area contributed by atoms with E-state index in [0.717, 1.165) is 13.1 Å². The Bertz CT molecular complexity index is 248. The van der Waals surface area contributed by atoms with Crippen LogP contribution in [0.1, 0.15) is 66.7 Å². The number of piperidine rings is 2. The lowest BCUT2D eigenvalue weighted by Gasteiger charge is -2.46. The van der Waals surface area contributed by atoms with Crippen molar-refractivity contribution in [1.29, 1.82) is 0 Å². The average molecular weight is 284 g/mol. The van der Waals surface area contributed by atoms with Gasteiger partial charge in [0.2, 0.25) is 5.91 Å². The summed E-state index contributed by atoms with van der Waals surface area (Å²) in [5, 5.41) is 0. The number of hydrogen-bond acceptors (Lipinski definition) is 2. The van der Waals surface area contributed by atoms with Gasteiger partial charge in [0.1, 0.15) is 0 Å². The van der Waals surface area contributed by atoms with Crippen molar-refractivity contribution in [2.75, 3.05) is 33.2 Å². The molecule has 2 rings (SSSR count). The molecule has 20 heavy (non-hydrogen) atoms. The quantitative estimate of drug-likeness (QED) is 0.676. The fourth-order valence-electron chi connectivity index (χ4n) is 2.89. The highest BCUT2D eigenvalue weighted by Gasteiger charge is 2.37. The zero-order valence-corrected chi connectivity index (χ0v) is 14.7. The van der Waals surface area contributed by atoms with Crippen molar-refractivity contribution in [3.05, 3.63) is 0 Å². The standard InChI is InChI=1S/C12H22N2O.C3H8.C2H6/c1-11(15)14-9-5-12(6-10-14)3-7-13(2)8-4-12;1-3-2;1-2/h3-10H2,1-2H3;3H2,1-2H3;1-2H3. The van der Waals surface area contributed by atoms with Crippen molar-refractivity contribution in [1.82, 2.24) is 9.80 Å². The first kappa shape index (κ1) is 19.4. The second-order valence-electron chi connectivity index (χ2n) is 6.02. The number of likely N-dealkylation sites (tertiary alicyclic amines) is 2. The summed E-state index contributed by atoms with van der Waals surface area (Å²) in [4.78, 5) is 15.7. The second kappa shape index (κ2) is 10.2. The molecule has 0 aliphatic carbocycles. The van der Waals surface area contributed by atoms with E-state index in [1.807, 2.05) is 18.7 Å². The molecule has 120 valence electrons. The normalized spacial score (nSPS) is 21.4. The first-order valence-electron chi connectivity index (χ1n) is 8.47. The highest BCUT2D eigenvalue weighted by molar-refractivity contribution is 5.73. The molecule has 0 bridgehead atoms. The Morgan fingerprint density at radius 1 is 0.950 bits per heavy atom. The predicted octanol–water partition coefficient (Wildman–Crippen LogP) is 3.78. The first-order valence-corrected chi connectivity index (χ1v) is 8.47. The molecule has 3 heteroatoms. The van der Waals surface area contributed by atoms with Crippen LogP contribution in [-0.4, -0.2) is 48.9 Å². The van der Waals surface area contributed by atoms with Gasteiger partial charge in [-0.05, 0) is 51.2 Å². The molecule has 2 heterocycles. The summed E-state index contributed by atoms with van der Waals surface area (Å²) < 4.78 is 0. The number of amides is 1. The molecule has 0 aromatic rings. The smallest absolute Gasteiger partial charge is 0.219 e. The summed E-state index contributed by atoms with van der Waals surface area (Å²) in [6.45, 7) is 14.4. The molecular weight excluding hydrogens is 248 g/mol. The number of rotatable bonds is 0. The van der Waals surface area contributed by atoms with E-state index >= 15 is 0 Å². The number of carbonyl (C=O) groups excluding carboxylic acids is 1. The topological polar surface area (TPSA) is 23.6 Å². The Balaban J connectivity index is 0.000000641. The lowest BCUT2D eigenvalue weighted by molar-refractivity contribution is -0.131. The fourth-order valence-corrected chi connectivity index (χ4v) is 2.89. The molecule has 0 radical (unpaired) electrons. The highest BCUT2D eigenvalue weighted by atomic mass is 16.2. The van der Waals surface area contributed by atoms with E-state index in [9.17, 15) is 4.79 Å². The molecule has 2 aliphatic heterocycles. The Morgan fingerprint density at radius 3 is 1.65 bits per heavy atom. The molecular formula is C17H36N2O. The molecule has 2 fully saturated rings. The molecule has 3 nitrogen and oxygen atoms in total. The van der Waals surface area contributed by atoms with Crippen molar-refractivity contribution in [3.8, 4) is 0 Å². The third kappa shape index (κ3) is 6.25. The van der Waals surface area contributed by atoms with Crippen LogP contribution in [-0.2, 0) is 4.79 Å². The third-order valence-electron chi connectivity index (χ3n) is 4.32. The van der Waals surface area contributed by atoms with Crippen molar-refractivity contribution < 1.29 is 4.79 Å². The van der Waals surface area contributed by atoms with Gasteiger partial charge in [-0.25, -0.2) is 0 Å². The summed E-state index contributed by atoms with van der Waals surface area (Å²) in [6.07, 6.45) is 6.35. The van der Waals surface area contributed by atoms with Crippen molar-refractivity contribution in [2.24, 2.45) is 5.41 Å². The first-order chi connectivity index (χ1) is 9.53. The van der Waals surface area contributed by atoms with Gasteiger partial charge < -0.3 is 9.80 Å². The van der Waals surface area contributed by atoms with E-state index in [-0.39, 0.29) is 5.91 Å². The van der Waals surface area contributed by atoms with E-state index in [0.29, 0.717) is 5.41 Å². The van der Waals surface area contributed by atoms with E-state index in [1.165, 1.54) is 45.2 Å². The monoisotopic (exact) mass is 284 g/mol. The van der Waals surface area contributed by atoms with Gasteiger partial charge in [0, 0.05) is 20.0 Å². The van der Waals surface area contributed by atoms with Crippen LogP contribution in [0.15, 0.2) is 0 Å². The Labute approximate surface area is 126 Å². The lowest BCUT2D eigenvalue weighted by atomic mass is 9.71. The van der Waals surface area contributed by atoms with E-state index in [4.69, 9.17) is 0 Å². The zero-order chi connectivity index (χ0) is 15.6. The van der Waals surface area contributed by atoms with Crippen molar-refractivity contribution >= 4 is 5.91 Å². The van der Waals surface area contributed by atoms with E-state index < -0.39 is 0 Å². The molecule has 0 aromatic carbocycles. The maximum Gasteiger partial charge on any atom is 0.219 e. The Morgan fingerprint density at radius 2 is 1.30 bits per heavy atom. The van der Waals surface area contributed by atoms with Gasteiger partial charge in [-0.3, -0.25) is 4.79 Å². The molecule has 0 aromatic heterocycles.